The summed E-state index contributed by atoms with van der Waals surface area (Å²) in [6, 6.07) is 17.6. The van der Waals surface area contributed by atoms with Crippen LogP contribution in [0.5, 0.6) is 0 Å². The van der Waals surface area contributed by atoms with Gasteiger partial charge in [0.1, 0.15) is 0 Å². The minimum atomic E-state index is -0.181. The zero-order chi connectivity index (χ0) is 21.6. The summed E-state index contributed by atoms with van der Waals surface area (Å²) in [5.41, 5.74) is 1.79. The Labute approximate surface area is 185 Å². The minimum Gasteiger partial charge on any atom is -0.374 e. The van der Waals surface area contributed by atoms with Gasteiger partial charge in [0.2, 0.25) is 5.91 Å². The molecule has 4 rings (SSSR count). The smallest absolute Gasteiger partial charge is 0.262 e. The molecule has 1 aliphatic heterocycles. The Morgan fingerprint density at radius 1 is 1.16 bits per heavy atom. The number of hydrogen-bond acceptors (Lipinski definition) is 5. The van der Waals surface area contributed by atoms with Crippen molar-refractivity contribution in [2.45, 2.75) is 25.6 Å². The van der Waals surface area contributed by atoms with Crippen molar-refractivity contribution in [1.82, 2.24) is 19.8 Å². The summed E-state index contributed by atoms with van der Waals surface area (Å²) >= 11 is 5.30. The van der Waals surface area contributed by atoms with Crippen molar-refractivity contribution in [3.8, 4) is 0 Å². The molecule has 1 amide bonds. The van der Waals surface area contributed by atoms with Crippen LogP contribution in [-0.4, -0.2) is 52.7 Å². The molecule has 7 nitrogen and oxygen atoms in total. The summed E-state index contributed by atoms with van der Waals surface area (Å²) in [6.45, 7) is 3.85. The molecule has 3 aromatic rings. The zero-order valence-electron chi connectivity index (χ0n) is 17.3. The maximum absolute atomic E-state index is 12.7. The Kier molecular flexibility index (Phi) is 6.91. The molecule has 8 heteroatoms. The number of hydrogen-bond donors (Lipinski definition) is 2. The van der Waals surface area contributed by atoms with Gasteiger partial charge in [-0.1, -0.05) is 42.5 Å². The van der Waals surface area contributed by atoms with E-state index in [-0.39, 0.29) is 30.5 Å². The third-order valence-electron chi connectivity index (χ3n) is 5.45. The van der Waals surface area contributed by atoms with Gasteiger partial charge in [0.25, 0.3) is 5.56 Å². The lowest BCUT2D eigenvalue weighted by atomic mass is 10.2. The van der Waals surface area contributed by atoms with E-state index in [1.165, 1.54) is 10.1 Å². The van der Waals surface area contributed by atoms with Gasteiger partial charge in [0.05, 0.1) is 23.6 Å². The summed E-state index contributed by atoms with van der Waals surface area (Å²) in [5.74, 6) is -0.127. The number of aromatic amines is 1. The third kappa shape index (κ3) is 5.46. The molecule has 1 atom stereocenters. The number of carbonyl (C=O) groups excluding carboxylic acids is 1. The van der Waals surface area contributed by atoms with E-state index in [1.807, 2.05) is 36.4 Å². The molecule has 1 aromatic heterocycles. The maximum atomic E-state index is 12.7. The second-order valence-electron chi connectivity index (χ2n) is 7.70. The Hall–Kier alpha value is -2.81. The Morgan fingerprint density at radius 2 is 1.94 bits per heavy atom. The van der Waals surface area contributed by atoms with Crippen LogP contribution < -0.4 is 10.9 Å². The summed E-state index contributed by atoms with van der Waals surface area (Å²) < 4.78 is 7.58. The fraction of sp³-hybridized carbons (Fsp3) is 0.348. The average Bonchev–Trinajstić information content (AvgIpc) is 2.78. The van der Waals surface area contributed by atoms with Gasteiger partial charge >= 0.3 is 0 Å². The number of amides is 1. The molecule has 0 radical (unpaired) electrons. The van der Waals surface area contributed by atoms with Crippen LogP contribution in [0.2, 0.25) is 0 Å². The number of rotatable bonds is 7. The first-order chi connectivity index (χ1) is 15.1. The van der Waals surface area contributed by atoms with Gasteiger partial charge in [-0.05, 0) is 29.9 Å². The van der Waals surface area contributed by atoms with E-state index >= 15 is 0 Å². The van der Waals surface area contributed by atoms with E-state index < -0.39 is 0 Å². The van der Waals surface area contributed by atoms with Crippen molar-refractivity contribution in [3.05, 3.63) is 75.3 Å². The molecule has 0 spiro atoms. The largest absolute Gasteiger partial charge is 0.374 e. The number of para-hydroxylation sites is 1. The van der Waals surface area contributed by atoms with Gasteiger partial charge in [0, 0.05) is 39.1 Å². The van der Waals surface area contributed by atoms with Crippen LogP contribution in [0, 0.1) is 4.77 Å². The van der Waals surface area contributed by atoms with E-state index in [0.29, 0.717) is 28.8 Å². The number of morpholine rings is 1. The predicted molar refractivity (Wildman–Crippen MR) is 122 cm³/mol. The van der Waals surface area contributed by atoms with E-state index in [9.17, 15) is 9.59 Å². The fourth-order valence-corrected chi connectivity index (χ4v) is 4.10. The first-order valence-corrected chi connectivity index (χ1v) is 10.9. The molecule has 1 unspecified atom stereocenters. The van der Waals surface area contributed by atoms with Gasteiger partial charge in [-0.3, -0.25) is 19.1 Å². The number of fused-ring (bicyclic) bond motifs is 1. The van der Waals surface area contributed by atoms with Gasteiger partial charge < -0.3 is 15.0 Å². The summed E-state index contributed by atoms with van der Waals surface area (Å²) in [5, 5.41) is 3.49. The van der Waals surface area contributed by atoms with Gasteiger partial charge in [0.15, 0.2) is 4.77 Å². The summed E-state index contributed by atoms with van der Waals surface area (Å²) in [6.07, 6.45) is 0.128. The number of carbonyl (C=O) groups is 1. The molecule has 1 aliphatic rings. The molecule has 1 fully saturated rings. The first-order valence-electron chi connectivity index (χ1n) is 10.5. The lowest BCUT2D eigenvalue weighted by Crippen LogP contribution is -2.47. The highest BCUT2D eigenvalue weighted by molar-refractivity contribution is 7.71. The first kappa shape index (κ1) is 21.4. The number of aromatic nitrogens is 2. The normalized spacial score (nSPS) is 17.0. The maximum Gasteiger partial charge on any atom is 0.262 e. The van der Waals surface area contributed by atoms with Crippen molar-refractivity contribution >= 4 is 29.0 Å². The topological polar surface area (TPSA) is 79.4 Å². The highest BCUT2D eigenvalue weighted by Crippen LogP contribution is 2.10. The standard InChI is InChI=1S/C23H26N4O3S/c28-21(10-11-27-22(29)19-8-4-5-9-20(19)25-23(27)31)24-14-18-16-26(12-13-30-18)15-17-6-2-1-3-7-17/h1-9,18H,10-16H2,(H,24,28)(H,25,31). The summed E-state index contributed by atoms with van der Waals surface area (Å²) in [4.78, 5) is 30.4. The molecule has 2 heterocycles. The van der Waals surface area contributed by atoms with Crippen LogP contribution >= 0.6 is 12.2 Å². The quantitative estimate of drug-likeness (QED) is 0.554. The number of ether oxygens (including phenoxy) is 1. The van der Waals surface area contributed by atoms with Crippen LogP contribution in [0.15, 0.2) is 59.4 Å². The van der Waals surface area contributed by atoms with Crippen LogP contribution in [0.4, 0.5) is 0 Å². The SMILES string of the molecule is O=C(CCn1c(=S)[nH]c2ccccc2c1=O)NCC1CN(Cc2ccccc2)CCO1. The van der Waals surface area contributed by atoms with Crippen LogP contribution in [0.3, 0.4) is 0 Å². The molecular weight excluding hydrogens is 412 g/mol. The highest BCUT2D eigenvalue weighted by Gasteiger charge is 2.21. The molecule has 1 saturated heterocycles. The monoisotopic (exact) mass is 438 g/mol. The van der Waals surface area contributed by atoms with Crippen LogP contribution in [0.25, 0.3) is 10.9 Å². The molecule has 2 N–H and O–H groups in total. The van der Waals surface area contributed by atoms with Crippen molar-refractivity contribution in [1.29, 1.82) is 0 Å². The number of nitrogens with one attached hydrogen (secondary N) is 2. The average molecular weight is 439 g/mol. The number of H-pyrrole nitrogens is 1. The Balaban J connectivity index is 1.28. The molecule has 0 aliphatic carbocycles. The van der Waals surface area contributed by atoms with E-state index in [0.717, 1.165) is 19.6 Å². The third-order valence-corrected chi connectivity index (χ3v) is 5.77. The highest BCUT2D eigenvalue weighted by atomic mass is 32.1. The molecule has 0 saturated carbocycles. The summed E-state index contributed by atoms with van der Waals surface area (Å²) in [7, 11) is 0. The molecule has 0 bridgehead atoms. The van der Waals surface area contributed by atoms with Crippen molar-refractivity contribution in [2.24, 2.45) is 0 Å². The minimum absolute atomic E-state index is 0.0485. The fourth-order valence-electron chi connectivity index (χ4n) is 3.82. The molecule has 162 valence electrons. The van der Waals surface area contributed by atoms with Crippen molar-refractivity contribution in [2.75, 3.05) is 26.2 Å². The zero-order valence-corrected chi connectivity index (χ0v) is 18.1. The van der Waals surface area contributed by atoms with Crippen LogP contribution in [-0.2, 0) is 22.6 Å². The molecule has 31 heavy (non-hydrogen) atoms. The Morgan fingerprint density at radius 3 is 2.77 bits per heavy atom. The van der Waals surface area contributed by atoms with E-state index in [2.05, 4.69) is 27.3 Å². The second kappa shape index (κ2) is 10.00. The lowest BCUT2D eigenvalue weighted by molar-refractivity contribution is -0.122. The second-order valence-corrected chi connectivity index (χ2v) is 8.09. The van der Waals surface area contributed by atoms with Crippen molar-refractivity contribution in [3.63, 3.8) is 0 Å². The van der Waals surface area contributed by atoms with Gasteiger partial charge in [-0.25, -0.2) is 0 Å². The van der Waals surface area contributed by atoms with Crippen LogP contribution in [0.1, 0.15) is 12.0 Å². The Bertz CT molecular complexity index is 1160. The number of nitrogens with zero attached hydrogens (tertiary/aromatic N) is 2. The van der Waals surface area contributed by atoms with E-state index in [1.54, 1.807) is 6.07 Å². The van der Waals surface area contributed by atoms with Gasteiger partial charge in [-0.2, -0.15) is 0 Å². The molecule has 2 aromatic carbocycles. The van der Waals surface area contributed by atoms with Crippen molar-refractivity contribution < 1.29 is 9.53 Å². The van der Waals surface area contributed by atoms with E-state index in [4.69, 9.17) is 17.0 Å². The molecular formula is C23H26N4O3S. The predicted octanol–water partition coefficient (Wildman–Crippen LogP) is 2.47. The van der Waals surface area contributed by atoms with Gasteiger partial charge in [-0.15, -0.1) is 0 Å². The lowest BCUT2D eigenvalue weighted by Gasteiger charge is -2.33. The number of benzene rings is 2.